The normalized spacial score (nSPS) is 17.0. The molecule has 6 heteroatoms. The number of carbonyl (C=O) groups is 1. The van der Waals surface area contributed by atoms with Gasteiger partial charge in [-0.2, -0.15) is 0 Å². The number of hydrogen-bond acceptors (Lipinski definition) is 3. The molecule has 1 saturated heterocycles. The zero-order valence-corrected chi connectivity index (χ0v) is 17.5. The van der Waals surface area contributed by atoms with Crippen molar-refractivity contribution < 1.29 is 9.90 Å². The highest BCUT2D eigenvalue weighted by molar-refractivity contribution is 6.30. The summed E-state index contributed by atoms with van der Waals surface area (Å²) in [6, 6.07) is 16.0. The summed E-state index contributed by atoms with van der Waals surface area (Å²) in [7, 11) is 0. The Morgan fingerprint density at radius 2 is 1.25 bits per heavy atom. The van der Waals surface area contributed by atoms with E-state index >= 15 is 0 Å². The van der Waals surface area contributed by atoms with Gasteiger partial charge < -0.3 is 5.11 Å². The van der Waals surface area contributed by atoms with Crippen LogP contribution in [0, 0.1) is 0 Å². The average molecular weight is 421 g/mol. The number of aliphatic carboxylic acids is 1. The van der Waals surface area contributed by atoms with E-state index in [2.05, 4.69) is 29.2 Å². The molecule has 0 aromatic heterocycles. The number of rotatable bonds is 7. The zero-order chi connectivity index (χ0) is 20.1. The molecule has 2 aromatic rings. The third kappa shape index (κ3) is 5.71. The molecule has 0 bridgehead atoms. The van der Waals surface area contributed by atoms with Crippen molar-refractivity contribution in [3.8, 4) is 0 Å². The van der Waals surface area contributed by atoms with E-state index in [-0.39, 0.29) is 0 Å². The molecule has 1 aliphatic heterocycles. The van der Waals surface area contributed by atoms with Crippen LogP contribution in [0.2, 0.25) is 10.0 Å². The van der Waals surface area contributed by atoms with Gasteiger partial charge in [-0.3, -0.25) is 14.6 Å². The Kier molecular flexibility index (Phi) is 7.36. The summed E-state index contributed by atoms with van der Waals surface area (Å²) in [5, 5.41) is 10.8. The Morgan fingerprint density at radius 3 is 1.64 bits per heavy atom. The fourth-order valence-corrected chi connectivity index (χ4v) is 4.01. The van der Waals surface area contributed by atoms with Crippen molar-refractivity contribution in [1.29, 1.82) is 0 Å². The van der Waals surface area contributed by atoms with Crippen LogP contribution in [0.25, 0.3) is 0 Å². The fourth-order valence-electron chi connectivity index (χ4n) is 3.76. The van der Waals surface area contributed by atoms with Crippen molar-refractivity contribution in [2.75, 3.05) is 26.2 Å². The van der Waals surface area contributed by atoms with Crippen LogP contribution in [-0.2, 0) is 17.6 Å². The molecule has 4 nitrogen and oxygen atoms in total. The van der Waals surface area contributed by atoms with E-state index in [0.717, 1.165) is 49.1 Å². The highest BCUT2D eigenvalue weighted by atomic mass is 35.5. The van der Waals surface area contributed by atoms with Gasteiger partial charge in [0.15, 0.2) is 0 Å². The standard InChI is InChI=1S/C22H26Cl2N2O2/c1-16(22(27)28)25-10-12-26(13-11-25)21(14-17-2-6-19(23)7-3-17)15-18-4-8-20(24)9-5-18/h2-9,16,21H,10-15H2,1H3,(H,27,28). The molecule has 1 heterocycles. The largest absolute Gasteiger partial charge is 0.480 e. The lowest BCUT2D eigenvalue weighted by Gasteiger charge is -2.40. The number of carboxylic acids is 1. The van der Waals surface area contributed by atoms with E-state index in [1.807, 2.05) is 29.2 Å². The monoisotopic (exact) mass is 420 g/mol. The van der Waals surface area contributed by atoms with Crippen molar-refractivity contribution in [2.24, 2.45) is 0 Å². The molecule has 3 rings (SSSR count). The predicted octanol–water partition coefficient (Wildman–Crippen LogP) is 4.24. The summed E-state index contributed by atoms with van der Waals surface area (Å²) in [6.45, 7) is 5.03. The van der Waals surface area contributed by atoms with Gasteiger partial charge in [0.25, 0.3) is 0 Å². The smallest absolute Gasteiger partial charge is 0.320 e. The van der Waals surface area contributed by atoms with Crippen molar-refractivity contribution in [3.05, 3.63) is 69.7 Å². The highest BCUT2D eigenvalue weighted by Gasteiger charge is 2.28. The number of hydrogen-bond donors (Lipinski definition) is 1. The molecule has 1 aliphatic rings. The van der Waals surface area contributed by atoms with E-state index in [1.54, 1.807) is 6.92 Å². The van der Waals surface area contributed by atoms with Crippen molar-refractivity contribution in [3.63, 3.8) is 0 Å². The van der Waals surface area contributed by atoms with E-state index in [1.165, 1.54) is 11.1 Å². The third-order valence-electron chi connectivity index (χ3n) is 5.54. The fraction of sp³-hybridized carbons (Fsp3) is 0.409. The predicted molar refractivity (Wildman–Crippen MR) is 114 cm³/mol. The molecule has 1 atom stereocenters. The van der Waals surface area contributed by atoms with Gasteiger partial charge in [-0.15, -0.1) is 0 Å². The van der Waals surface area contributed by atoms with Gasteiger partial charge in [-0.1, -0.05) is 47.5 Å². The molecule has 0 radical (unpaired) electrons. The molecular weight excluding hydrogens is 395 g/mol. The minimum absolute atomic E-state index is 0.338. The van der Waals surface area contributed by atoms with Gasteiger partial charge in [-0.05, 0) is 55.2 Å². The Bertz CT molecular complexity index is 725. The molecule has 0 aliphatic carbocycles. The van der Waals surface area contributed by atoms with Crippen LogP contribution in [0.15, 0.2) is 48.5 Å². The third-order valence-corrected chi connectivity index (χ3v) is 6.04. The zero-order valence-electron chi connectivity index (χ0n) is 16.0. The highest BCUT2D eigenvalue weighted by Crippen LogP contribution is 2.20. The van der Waals surface area contributed by atoms with Gasteiger partial charge >= 0.3 is 5.97 Å². The van der Waals surface area contributed by atoms with Crippen LogP contribution in [0.5, 0.6) is 0 Å². The van der Waals surface area contributed by atoms with Gasteiger partial charge in [-0.25, -0.2) is 0 Å². The SMILES string of the molecule is CC(C(=O)O)N1CCN(C(Cc2ccc(Cl)cc2)Cc2ccc(Cl)cc2)CC1. The van der Waals surface area contributed by atoms with E-state index in [4.69, 9.17) is 23.2 Å². The summed E-state index contributed by atoms with van der Waals surface area (Å²) in [5.74, 6) is -0.757. The van der Waals surface area contributed by atoms with E-state index < -0.39 is 12.0 Å². The number of halogens is 2. The Morgan fingerprint density at radius 1 is 0.857 bits per heavy atom. The first-order chi connectivity index (χ1) is 13.4. The van der Waals surface area contributed by atoms with Crippen molar-refractivity contribution in [2.45, 2.75) is 31.8 Å². The first-order valence-electron chi connectivity index (χ1n) is 9.62. The first kappa shape index (κ1) is 21.1. The maximum atomic E-state index is 11.3. The molecule has 0 amide bonds. The molecule has 150 valence electrons. The Labute approximate surface area is 176 Å². The molecule has 2 aromatic carbocycles. The molecule has 0 spiro atoms. The first-order valence-corrected chi connectivity index (χ1v) is 10.4. The van der Waals surface area contributed by atoms with Gasteiger partial charge in [0.05, 0.1) is 0 Å². The topological polar surface area (TPSA) is 43.8 Å². The van der Waals surface area contributed by atoms with Crippen LogP contribution >= 0.6 is 23.2 Å². The maximum absolute atomic E-state index is 11.3. The quantitative estimate of drug-likeness (QED) is 0.727. The van der Waals surface area contributed by atoms with Crippen LogP contribution in [-0.4, -0.2) is 59.1 Å². The summed E-state index contributed by atoms with van der Waals surface area (Å²) in [6.07, 6.45) is 1.85. The van der Waals surface area contributed by atoms with Crippen LogP contribution in [0.3, 0.4) is 0 Å². The molecule has 0 saturated carbocycles. The number of nitrogens with zero attached hydrogens (tertiary/aromatic N) is 2. The average Bonchev–Trinajstić information content (AvgIpc) is 2.70. The molecular formula is C22H26Cl2N2O2. The van der Waals surface area contributed by atoms with Crippen LogP contribution in [0.4, 0.5) is 0 Å². The summed E-state index contributed by atoms with van der Waals surface area (Å²) in [5.41, 5.74) is 2.51. The summed E-state index contributed by atoms with van der Waals surface area (Å²) in [4.78, 5) is 15.8. The minimum atomic E-state index is -0.757. The van der Waals surface area contributed by atoms with Crippen LogP contribution < -0.4 is 0 Å². The van der Waals surface area contributed by atoms with Crippen molar-refractivity contribution in [1.82, 2.24) is 9.80 Å². The lowest BCUT2D eigenvalue weighted by Crippen LogP contribution is -2.55. The minimum Gasteiger partial charge on any atom is -0.480 e. The second kappa shape index (κ2) is 9.75. The van der Waals surface area contributed by atoms with E-state index in [9.17, 15) is 9.90 Å². The number of benzene rings is 2. The van der Waals surface area contributed by atoms with Crippen molar-refractivity contribution >= 4 is 29.2 Å². The molecule has 1 unspecified atom stereocenters. The second-order valence-corrected chi connectivity index (χ2v) is 8.27. The Balaban J connectivity index is 1.71. The number of carboxylic acid groups (broad SMARTS) is 1. The Hall–Kier alpha value is -1.59. The van der Waals surface area contributed by atoms with Crippen LogP contribution in [0.1, 0.15) is 18.1 Å². The maximum Gasteiger partial charge on any atom is 0.320 e. The summed E-state index contributed by atoms with van der Waals surface area (Å²) >= 11 is 12.1. The summed E-state index contributed by atoms with van der Waals surface area (Å²) < 4.78 is 0. The molecule has 1 N–H and O–H groups in total. The molecule has 1 fully saturated rings. The lowest BCUT2D eigenvalue weighted by molar-refractivity contribution is -0.143. The second-order valence-electron chi connectivity index (χ2n) is 7.40. The van der Waals surface area contributed by atoms with Gasteiger partial charge in [0.1, 0.15) is 6.04 Å². The van der Waals surface area contributed by atoms with Gasteiger partial charge in [0.2, 0.25) is 0 Å². The number of piperazine rings is 1. The van der Waals surface area contributed by atoms with Gasteiger partial charge in [0, 0.05) is 42.3 Å². The van der Waals surface area contributed by atoms with E-state index in [0.29, 0.717) is 6.04 Å². The lowest BCUT2D eigenvalue weighted by atomic mass is 9.97. The molecule has 28 heavy (non-hydrogen) atoms.